The zero-order chi connectivity index (χ0) is 16.2. The minimum Gasteiger partial charge on any atom is -0.445 e. The lowest BCUT2D eigenvalue weighted by Gasteiger charge is -2.23. The number of hydrogen-bond acceptors (Lipinski definition) is 6. The lowest BCUT2D eigenvalue weighted by Crippen LogP contribution is -2.39. The molecule has 0 bridgehead atoms. The zero-order valence-corrected chi connectivity index (χ0v) is 13.0. The van der Waals surface area contributed by atoms with Gasteiger partial charge in [-0.05, 0) is 12.0 Å². The monoisotopic (exact) mass is 329 g/mol. The number of carbonyl (C=O) groups excluding carboxylic acids is 1. The van der Waals surface area contributed by atoms with Crippen LogP contribution in [0.25, 0.3) is 0 Å². The van der Waals surface area contributed by atoms with Crippen molar-refractivity contribution in [3.63, 3.8) is 0 Å². The van der Waals surface area contributed by atoms with Gasteiger partial charge in [0, 0.05) is 0 Å². The van der Waals surface area contributed by atoms with Crippen molar-refractivity contribution in [3.8, 4) is 0 Å². The molecule has 8 heteroatoms. The van der Waals surface area contributed by atoms with E-state index in [1.54, 1.807) is 0 Å². The van der Waals surface area contributed by atoms with Crippen molar-refractivity contribution in [2.24, 2.45) is 0 Å². The Morgan fingerprint density at radius 2 is 2.05 bits per heavy atom. The van der Waals surface area contributed by atoms with Crippen molar-refractivity contribution in [2.75, 3.05) is 19.4 Å². The molecular formula is C14H19NO6S. The fraction of sp³-hybridized carbons (Fsp3) is 0.500. The SMILES string of the molecule is CS(=O)(=O)OCC1CC(O)CN1C(=O)OCc1ccccc1. The van der Waals surface area contributed by atoms with Crippen LogP contribution in [-0.2, 0) is 25.6 Å². The highest BCUT2D eigenvalue weighted by molar-refractivity contribution is 7.85. The third-order valence-corrected chi connectivity index (χ3v) is 3.87. The van der Waals surface area contributed by atoms with Crippen LogP contribution in [0.5, 0.6) is 0 Å². The van der Waals surface area contributed by atoms with E-state index in [1.165, 1.54) is 4.90 Å². The van der Waals surface area contributed by atoms with Crippen molar-refractivity contribution in [1.82, 2.24) is 4.90 Å². The molecule has 2 atom stereocenters. The quantitative estimate of drug-likeness (QED) is 0.801. The van der Waals surface area contributed by atoms with E-state index in [-0.39, 0.29) is 26.2 Å². The molecule has 1 aromatic carbocycles. The third-order valence-electron chi connectivity index (χ3n) is 3.31. The van der Waals surface area contributed by atoms with Crippen LogP contribution < -0.4 is 0 Å². The Kier molecular flexibility index (Phi) is 5.38. The molecule has 1 amide bonds. The van der Waals surface area contributed by atoms with Crippen LogP contribution in [0.15, 0.2) is 30.3 Å². The molecule has 1 saturated heterocycles. The second kappa shape index (κ2) is 7.08. The molecule has 1 heterocycles. The largest absolute Gasteiger partial charge is 0.445 e. The lowest BCUT2D eigenvalue weighted by molar-refractivity contribution is 0.0802. The van der Waals surface area contributed by atoms with E-state index in [0.717, 1.165) is 11.8 Å². The van der Waals surface area contributed by atoms with Crippen LogP contribution in [0.3, 0.4) is 0 Å². The highest BCUT2D eigenvalue weighted by Crippen LogP contribution is 2.20. The summed E-state index contributed by atoms with van der Waals surface area (Å²) in [6.07, 6.45) is -0.105. The summed E-state index contributed by atoms with van der Waals surface area (Å²) in [6.45, 7) is 0.0354. The van der Waals surface area contributed by atoms with Crippen molar-refractivity contribution in [1.29, 1.82) is 0 Å². The van der Waals surface area contributed by atoms with Gasteiger partial charge in [-0.25, -0.2) is 4.79 Å². The first-order valence-corrected chi connectivity index (χ1v) is 8.66. The number of rotatable bonds is 5. The van der Waals surface area contributed by atoms with Crippen molar-refractivity contribution < 1.29 is 27.2 Å². The van der Waals surface area contributed by atoms with Crippen LogP contribution in [0.1, 0.15) is 12.0 Å². The Morgan fingerprint density at radius 1 is 1.36 bits per heavy atom. The number of β-amino-alcohol motifs (C(OH)–C–C–N with tert-alkyl or cyclic N) is 1. The summed E-state index contributed by atoms with van der Waals surface area (Å²) in [5.41, 5.74) is 0.847. The maximum Gasteiger partial charge on any atom is 0.410 e. The van der Waals surface area contributed by atoms with Crippen LogP contribution in [0, 0.1) is 0 Å². The van der Waals surface area contributed by atoms with Crippen molar-refractivity contribution >= 4 is 16.2 Å². The molecule has 1 aliphatic heterocycles. The molecule has 7 nitrogen and oxygen atoms in total. The molecule has 122 valence electrons. The average Bonchev–Trinajstić information content (AvgIpc) is 2.84. The summed E-state index contributed by atoms with van der Waals surface area (Å²) in [5.74, 6) is 0. The number of nitrogens with zero attached hydrogens (tertiary/aromatic N) is 1. The van der Waals surface area contributed by atoms with E-state index in [9.17, 15) is 18.3 Å². The van der Waals surface area contributed by atoms with Gasteiger partial charge in [-0.15, -0.1) is 0 Å². The molecule has 0 saturated carbocycles. The number of amides is 1. The Bertz CT molecular complexity index is 603. The van der Waals surface area contributed by atoms with E-state index in [1.807, 2.05) is 30.3 Å². The molecule has 0 aromatic heterocycles. The maximum atomic E-state index is 12.1. The van der Waals surface area contributed by atoms with Gasteiger partial charge >= 0.3 is 6.09 Å². The Balaban J connectivity index is 1.91. The molecule has 1 aliphatic rings. The predicted octanol–water partition coefficient (Wildman–Crippen LogP) is 0.735. The highest BCUT2D eigenvalue weighted by atomic mass is 32.2. The first-order chi connectivity index (χ1) is 10.3. The van der Waals surface area contributed by atoms with E-state index in [0.29, 0.717) is 0 Å². The Hall–Kier alpha value is -1.64. The van der Waals surface area contributed by atoms with Gasteiger partial charge in [0.05, 0.1) is 31.6 Å². The normalized spacial score (nSPS) is 21.8. The predicted molar refractivity (Wildman–Crippen MR) is 78.5 cm³/mol. The van der Waals surface area contributed by atoms with Gasteiger partial charge in [0.15, 0.2) is 0 Å². The van der Waals surface area contributed by atoms with E-state index < -0.39 is 28.4 Å². The second-order valence-corrected chi connectivity index (χ2v) is 6.87. The molecule has 0 radical (unpaired) electrons. The molecular weight excluding hydrogens is 310 g/mol. The number of ether oxygens (including phenoxy) is 1. The fourth-order valence-electron chi connectivity index (χ4n) is 2.28. The molecule has 0 spiro atoms. The fourth-order valence-corrected chi connectivity index (χ4v) is 2.68. The van der Waals surface area contributed by atoms with Crippen molar-refractivity contribution in [2.45, 2.75) is 25.2 Å². The Morgan fingerprint density at radius 3 is 2.68 bits per heavy atom. The average molecular weight is 329 g/mol. The number of aliphatic hydroxyl groups excluding tert-OH is 1. The summed E-state index contributed by atoms with van der Waals surface area (Å²) in [6, 6.07) is 8.68. The number of carbonyl (C=O) groups is 1. The molecule has 1 N–H and O–H groups in total. The topological polar surface area (TPSA) is 93.1 Å². The maximum absolute atomic E-state index is 12.1. The number of benzene rings is 1. The van der Waals surface area contributed by atoms with Crippen LogP contribution in [0.2, 0.25) is 0 Å². The van der Waals surface area contributed by atoms with E-state index in [4.69, 9.17) is 8.92 Å². The minimum atomic E-state index is -3.59. The van der Waals surface area contributed by atoms with Crippen LogP contribution in [-0.4, -0.2) is 56.1 Å². The second-order valence-electron chi connectivity index (χ2n) is 5.22. The van der Waals surface area contributed by atoms with Gasteiger partial charge in [-0.2, -0.15) is 8.42 Å². The summed E-state index contributed by atoms with van der Waals surface area (Å²) in [7, 11) is -3.59. The van der Waals surface area contributed by atoms with E-state index >= 15 is 0 Å². The van der Waals surface area contributed by atoms with Gasteiger partial charge in [0.25, 0.3) is 10.1 Å². The first kappa shape index (κ1) is 16.7. The van der Waals surface area contributed by atoms with Gasteiger partial charge in [-0.3, -0.25) is 4.18 Å². The van der Waals surface area contributed by atoms with Gasteiger partial charge in [0.1, 0.15) is 6.61 Å². The summed E-state index contributed by atoms with van der Waals surface area (Å²) < 4.78 is 32.0. The minimum absolute atomic E-state index is 0.103. The first-order valence-electron chi connectivity index (χ1n) is 6.85. The standard InChI is InChI=1S/C14H19NO6S/c1-22(18,19)21-10-12-7-13(16)8-15(12)14(17)20-9-11-5-3-2-4-6-11/h2-6,12-13,16H,7-10H2,1H3. The highest BCUT2D eigenvalue weighted by Gasteiger charge is 2.36. The Labute approximate surface area is 129 Å². The molecule has 2 rings (SSSR count). The van der Waals surface area contributed by atoms with Gasteiger partial charge < -0.3 is 14.7 Å². The number of hydrogen-bond donors (Lipinski definition) is 1. The molecule has 2 unspecified atom stereocenters. The number of aliphatic hydroxyl groups is 1. The van der Waals surface area contributed by atoms with Crippen LogP contribution in [0.4, 0.5) is 4.79 Å². The number of likely N-dealkylation sites (tertiary alicyclic amines) is 1. The smallest absolute Gasteiger partial charge is 0.410 e. The van der Waals surface area contributed by atoms with Gasteiger partial charge in [-0.1, -0.05) is 30.3 Å². The van der Waals surface area contributed by atoms with Crippen molar-refractivity contribution in [3.05, 3.63) is 35.9 Å². The summed E-state index contributed by atoms with van der Waals surface area (Å²) >= 11 is 0. The third kappa shape index (κ3) is 4.97. The van der Waals surface area contributed by atoms with E-state index in [2.05, 4.69) is 0 Å². The zero-order valence-electron chi connectivity index (χ0n) is 12.2. The molecule has 0 aliphatic carbocycles. The van der Waals surface area contributed by atoms with Crippen LogP contribution >= 0.6 is 0 Å². The summed E-state index contributed by atoms with van der Waals surface area (Å²) in [4.78, 5) is 13.4. The molecule has 22 heavy (non-hydrogen) atoms. The molecule has 1 aromatic rings. The molecule has 1 fully saturated rings. The summed E-state index contributed by atoms with van der Waals surface area (Å²) in [5, 5.41) is 9.68. The van der Waals surface area contributed by atoms with Gasteiger partial charge in [0.2, 0.25) is 0 Å². The lowest BCUT2D eigenvalue weighted by atomic mass is 10.2.